The molecule has 4 aliphatic carbocycles. The normalized spacial score (nSPS) is 52.2. The van der Waals surface area contributed by atoms with Crippen LogP contribution >= 0.6 is 0 Å². The Morgan fingerprint density at radius 2 is 1.96 bits per heavy atom. The van der Waals surface area contributed by atoms with E-state index in [0.717, 1.165) is 32.1 Å². The molecule has 5 heteroatoms. The van der Waals surface area contributed by atoms with Crippen molar-refractivity contribution in [3.63, 3.8) is 0 Å². The molecule has 5 nitrogen and oxygen atoms in total. The number of hydrogen-bond acceptors (Lipinski definition) is 5. The van der Waals surface area contributed by atoms with E-state index in [1.165, 1.54) is 6.92 Å². The van der Waals surface area contributed by atoms with Crippen LogP contribution in [0.25, 0.3) is 0 Å². The fourth-order valence-corrected chi connectivity index (χ4v) is 7.79. The second-order valence-electron chi connectivity index (χ2n) is 9.68. The van der Waals surface area contributed by atoms with Crippen LogP contribution in [0.5, 0.6) is 0 Å². The highest BCUT2D eigenvalue weighted by molar-refractivity contribution is 5.87. The van der Waals surface area contributed by atoms with E-state index in [4.69, 9.17) is 9.47 Å². The van der Waals surface area contributed by atoms with E-state index in [9.17, 15) is 14.4 Å². The van der Waals surface area contributed by atoms with Gasteiger partial charge in [0.05, 0.1) is 12.7 Å². The maximum atomic E-state index is 12.6. The van der Waals surface area contributed by atoms with E-state index in [0.29, 0.717) is 49.4 Å². The van der Waals surface area contributed by atoms with Gasteiger partial charge in [0.1, 0.15) is 11.6 Å². The van der Waals surface area contributed by atoms with Crippen LogP contribution in [0.3, 0.4) is 0 Å². The minimum absolute atomic E-state index is 0.177. The number of ketones is 2. The van der Waals surface area contributed by atoms with Crippen molar-refractivity contribution in [2.45, 2.75) is 76.9 Å². The highest BCUT2D eigenvalue weighted by Gasteiger charge is 2.74. The Morgan fingerprint density at radius 1 is 1.15 bits per heavy atom. The van der Waals surface area contributed by atoms with Gasteiger partial charge in [0, 0.05) is 37.0 Å². The molecule has 0 spiro atoms. The summed E-state index contributed by atoms with van der Waals surface area (Å²) in [5, 5.41) is 0. The van der Waals surface area contributed by atoms with Crippen molar-refractivity contribution in [3.8, 4) is 0 Å². The van der Waals surface area contributed by atoms with Gasteiger partial charge in [-0.3, -0.25) is 14.4 Å². The van der Waals surface area contributed by atoms with Gasteiger partial charge in [-0.15, -0.1) is 0 Å². The second-order valence-corrected chi connectivity index (χ2v) is 9.68. The van der Waals surface area contributed by atoms with E-state index in [-0.39, 0.29) is 28.7 Å². The first kappa shape index (κ1) is 16.9. The fraction of sp³-hybridized carbons (Fsp3) is 0.857. The number of hydrogen-bond donors (Lipinski definition) is 0. The molecule has 142 valence electrons. The zero-order chi connectivity index (χ0) is 18.3. The third-order valence-corrected chi connectivity index (χ3v) is 8.88. The van der Waals surface area contributed by atoms with Gasteiger partial charge in [0.15, 0.2) is 5.60 Å². The molecule has 0 aromatic rings. The standard InChI is InChI=1S/C21H28O5/c1-12(22)26-21-10-13(23)5-8-20(21)11-25-18(21)9-14-15-3-4-17(24)19(15,2)7-6-16(14)20/h14-16,18H,3-11H2,1-2H3/t14-,15-,16-,18+,19-,20-,21-/m0/s1. The smallest absolute Gasteiger partial charge is 0.303 e. The average Bonchev–Trinajstić information content (AvgIpc) is 2.97. The van der Waals surface area contributed by atoms with Gasteiger partial charge in [0.2, 0.25) is 0 Å². The predicted molar refractivity (Wildman–Crippen MR) is 92.2 cm³/mol. The lowest BCUT2D eigenvalue weighted by Gasteiger charge is -2.61. The van der Waals surface area contributed by atoms with Gasteiger partial charge in [0.25, 0.3) is 0 Å². The lowest BCUT2D eigenvalue weighted by Crippen LogP contribution is -2.67. The molecule has 7 atom stereocenters. The van der Waals surface area contributed by atoms with Crippen molar-refractivity contribution in [1.29, 1.82) is 0 Å². The monoisotopic (exact) mass is 360 g/mol. The number of ether oxygens (including phenoxy) is 2. The second kappa shape index (κ2) is 5.18. The molecule has 1 saturated heterocycles. The summed E-state index contributed by atoms with van der Waals surface area (Å²) >= 11 is 0. The highest BCUT2D eigenvalue weighted by Crippen LogP contribution is 2.70. The Balaban J connectivity index is 1.59. The first-order chi connectivity index (χ1) is 12.3. The molecule has 5 fully saturated rings. The Kier molecular flexibility index (Phi) is 3.37. The van der Waals surface area contributed by atoms with Crippen LogP contribution in [0, 0.1) is 28.6 Å². The number of Topliss-reactive ketones (excluding diaryl/α,β-unsaturated/α-hetero) is 2. The van der Waals surface area contributed by atoms with Crippen LogP contribution < -0.4 is 0 Å². The zero-order valence-electron chi connectivity index (χ0n) is 15.7. The average molecular weight is 360 g/mol. The van der Waals surface area contributed by atoms with Crippen LogP contribution in [0.2, 0.25) is 0 Å². The lowest BCUT2D eigenvalue weighted by molar-refractivity contribution is -0.218. The molecule has 0 aromatic carbocycles. The molecule has 4 saturated carbocycles. The molecule has 1 aliphatic heterocycles. The van der Waals surface area contributed by atoms with Crippen molar-refractivity contribution < 1.29 is 23.9 Å². The third kappa shape index (κ3) is 1.83. The minimum atomic E-state index is -0.772. The van der Waals surface area contributed by atoms with E-state index >= 15 is 0 Å². The Hall–Kier alpha value is -1.23. The number of rotatable bonds is 1. The molecular formula is C21H28O5. The summed E-state index contributed by atoms with van der Waals surface area (Å²) in [6.07, 6.45) is 5.84. The fourth-order valence-electron chi connectivity index (χ4n) is 7.79. The number of carbonyl (C=O) groups is 3. The maximum absolute atomic E-state index is 12.6. The SMILES string of the molecule is CC(=O)O[C@]12CC(=O)CC[C@@]13CO[C@@H]2C[C@@H]1[C@@H]3CC[C@]2(C)C(=O)CC[C@@H]12. The Labute approximate surface area is 154 Å². The summed E-state index contributed by atoms with van der Waals surface area (Å²) in [5.41, 5.74) is -1.19. The van der Waals surface area contributed by atoms with Crippen LogP contribution in [0.4, 0.5) is 0 Å². The molecule has 0 unspecified atom stereocenters. The van der Waals surface area contributed by atoms with Crippen LogP contribution in [-0.4, -0.2) is 35.8 Å². The van der Waals surface area contributed by atoms with Gasteiger partial charge in [-0.2, -0.15) is 0 Å². The summed E-state index contributed by atoms with van der Waals surface area (Å²) in [6.45, 7) is 4.21. The van der Waals surface area contributed by atoms with Gasteiger partial charge in [-0.05, 0) is 49.9 Å². The zero-order valence-corrected chi connectivity index (χ0v) is 15.7. The quantitative estimate of drug-likeness (QED) is 0.673. The molecule has 0 radical (unpaired) electrons. The summed E-state index contributed by atoms with van der Waals surface area (Å²) in [6, 6.07) is 0. The largest absolute Gasteiger partial charge is 0.455 e. The molecule has 0 amide bonds. The molecule has 2 bridgehead atoms. The molecule has 0 N–H and O–H groups in total. The number of esters is 1. The Bertz CT molecular complexity index is 697. The topological polar surface area (TPSA) is 69.7 Å². The summed E-state index contributed by atoms with van der Waals surface area (Å²) < 4.78 is 12.2. The van der Waals surface area contributed by atoms with E-state index in [1.54, 1.807) is 0 Å². The lowest BCUT2D eigenvalue weighted by atomic mass is 9.43. The van der Waals surface area contributed by atoms with Gasteiger partial charge in [-0.25, -0.2) is 0 Å². The van der Waals surface area contributed by atoms with Crippen LogP contribution in [0.15, 0.2) is 0 Å². The van der Waals surface area contributed by atoms with Gasteiger partial charge < -0.3 is 9.47 Å². The van der Waals surface area contributed by atoms with E-state index < -0.39 is 5.60 Å². The first-order valence-corrected chi connectivity index (χ1v) is 10.2. The van der Waals surface area contributed by atoms with Crippen molar-refractivity contribution in [2.75, 3.05) is 6.61 Å². The van der Waals surface area contributed by atoms with Gasteiger partial charge >= 0.3 is 5.97 Å². The third-order valence-electron chi connectivity index (χ3n) is 8.88. The first-order valence-electron chi connectivity index (χ1n) is 10.2. The summed E-state index contributed by atoms with van der Waals surface area (Å²) in [5.74, 6) is 1.56. The van der Waals surface area contributed by atoms with E-state index in [1.807, 2.05) is 0 Å². The Morgan fingerprint density at radius 3 is 2.73 bits per heavy atom. The van der Waals surface area contributed by atoms with Crippen molar-refractivity contribution in [1.82, 2.24) is 0 Å². The summed E-state index contributed by atoms with van der Waals surface area (Å²) in [7, 11) is 0. The summed E-state index contributed by atoms with van der Waals surface area (Å²) in [4.78, 5) is 36.9. The molecule has 5 aliphatic rings. The van der Waals surface area contributed by atoms with Crippen molar-refractivity contribution in [3.05, 3.63) is 0 Å². The molecule has 5 rings (SSSR count). The van der Waals surface area contributed by atoms with Crippen molar-refractivity contribution in [2.24, 2.45) is 28.6 Å². The molecule has 26 heavy (non-hydrogen) atoms. The van der Waals surface area contributed by atoms with E-state index in [2.05, 4.69) is 6.92 Å². The van der Waals surface area contributed by atoms with Crippen LogP contribution in [-0.2, 0) is 23.9 Å². The minimum Gasteiger partial charge on any atom is -0.455 e. The number of fused-ring (bicyclic) bond motifs is 3. The van der Waals surface area contributed by atoms with Gasteiger partial charge in [-0.1, -0.05) is 6.92 Å². The molecular weight excluding hydrogens is 332 g/mol. The molecule has 0 aromatic heterocycles. The number of carbonyl (C=O) groups excluding carboxylic acids is 3. The highest BCUT2D eigenvalue weighted by atomic mass is 16.6. The molecule has 1 heterocycles. The van der Waals surface area contributed by atoms with Crippen molar-refractivity contribution >= 4 is 17.5 Å². The predicted octanol–water partition coefficient (Wildman–Crippen LogP) is 2.84. The maximum Gasteiger partial charge on any atom is 0.303 e. The van der Waals surface area contributed by atoms with Crippen LogP contribution in [0.1, 0.15) is 65.2 Å².